The van der Waals surface area contributed by atoms with Crippen molar-refractivity contribution in [2.24, 2.45) is 0 Å². The van der Waals surface area contributed by atoms with Crippen LogP contribution in [0.5, 0.6) is 6.01 Å². The molecule has 35 heavy (non-hydrogen) atoms. The highest BCUT2D eigenvalue weighted by Gasteiger charge is 2.37. The number of hydrogen-bond acceptors (Lipinski definition) is 6. The van der Waals surface area contributed by atoms with Gasteiger partial charge in [-0.05, 0) is 30.7 Å². The second-order valence-corrected chi connectivity index (χ2v) is 8.56. The molecule has 1 fully saturated rings. The Balaban J connectivity index is 1.32. The summed E-state index contributed by atoms with van der Waals surface area (Å²) in [5.74, 6) is -4.79. The Kier molecular flexibility index (Phi) is 5.87. The molecule has 5 rings (SSSR count). The summed E-state index contributed by atoms with van der Waals surface area (Å²) >= 11 is 0. The van der Waals surface area contributed by atoms with E-state index in [-0.39, 0.29) is 55.4 Å². The number of halogens is 3. The molecular formula is C23H21F3N6O3. The average molecular weight is 486 g/mol. The molecular weight excluding hydrogens is 465 g/mol. The lowest BCUT2D eigenvalue weighted by molar-refractivity contribution is -0.134. The van der Waals surface area contributed by atoms with Gasteiger partial charge in [-0.3, -0.25) is 14.3 Å². The van der Waals surface area contributed by atoms with Crippen molar-refractivity contribution < 1.29 is 27.5 Å². The fourth-order valence-electron chi connectivity index (χ4n) is 4.41. The normalized spacial score (nSPS) is 19.7. The van der Waals surface area contributed by atoms with Crippen LogP contribution in [-0.2, 0) is 29.1 Å². The molecule has 2 amide bonds. The summed E-state index contributed by atoms with van der Waals surface area (Å²) in [4.78, 5) is 36.9. The lowest BCUT2D eigenvalue weighted by Gasteiger charge is -2.35. The molecule has 2 aliphatic heterocycles. The van der Waals surface area contributed by atoms with Crippen molar-refractivity contribution >= 4 is 17.5 Å². The summed E-state index contributed by atoms with van der Waals surface area (Å²) < 4.78 is 47.9. The first-order chi connectivity index (χ1) is 16.8. The van der Waals surface area contributed by atoms with Crippen LogP contribution in [0, 0.1) is 17.5 Å². The zero-order valence-corrected chi connectivity index (χ0v) is 18.7. The molecule has 0 unspecified atom stereocenters. The Labute approximate surface area is 198 Å². The van der Waals surface area contributed by atoms with E-state index in [4.69, 9.17) is 4.74 Å². The molecule has 1 saturated heterocycles. The summed E-state index contributed by atoms with van der Waals surface area (Å²) in [5, 5.41) is 4.38. The number of benzene rings is 1. The molecule has 1 aromatic carbocycles. The Morgan fingerprint density at radius 3 is 2.57 bits per heavy atom. The van der Waals surface area contributed by atoms with Crippen LogP contribution < -0.4 is 9.64 Å². The van der Waals surface area contributed by atoms with E-state index >= 15 is 0 Å². The van der Waals surface area contributed by atoms with Gasteiger partial charge in [-0.1, -0.05) is 0 Å². The zero-order chi connectivity index (χ0) is 24.7. The van der Waals surface area contributed by atoms with Crippen LogP contribution in [0.4, 0.5) is 18.9 Å². The van der Waals surface area contributed by atoms with E-state index in [1.165, 1.54) is 0 Å². The van der Waals surface area contributed by atoms with Gasteiger partial charge >= 0.3 is 6.01 Å². The topological polar surface area (TPSA) is 93.5 Å². The van der Waals surface area contributed by atoms with Crippen molar-refractivity contribution in [3.63, 3.8) is 0 Å². The van der Waals surface area contributed by atoms with Crippen molar-refractivity contribution in [3.8, 4) is 6.01 Å². The molecule has 9 nitrogen and oxygen atoms in total. The van der Waals surface area contributed by atoms with Gasteiger partial charge in [-0.15, -0.1) is 0 Å². The van der Waals surface area contributed by atoms with Crippen LogP contribution in [0.3, 0.4) is 0 Å². The first-order valence-electron chi connectivity index (χ1n) is 11.0. The van der Waals surface area contributed by atoms with E-state index in [2.05, 4.69) is 15.1 Å². The van der Waals surface area contributed by atoms with Crippen molar-refractivity contribution in [2.45, 2.75) is 45.0 Å². The molecule has 0 aliphatic carbocycles. The number of rotatable bonds is 5. The first-order valence-corrected chi connectivity index (χ1v) is 11.0. The van der Waals surface area contributed by atoms with E-state index in [0.29, 0.717) is 17.9 Å². The van der Waals surface area contributed by atoms with Gasteiger partial charge in [0.2, 0.25) is 11.8 Å². The molecule has 2 atom stereocenters. The van der Waals surface area contributed by atoms with E-state index < -0.39 is 23.6 Å². The maximum atomic E-state index is 13.6. The molecule has 182 valence electrons. The van der Waals surface area contributed by atoms with Crippen molar-refractivity contribution in [1.29, 1.82) is 0 Å². The SMILES string of the molecule is C[C@H]1Cn2ncc(N3C[C@H](Oc4ncccn4)CC3=O)c2CN1C(=O)Cc1cc(F)c(F)c(F)c1. The van der Waals surface area contributed by atoms with Crippen molar-refractivity contribution in [2.75, 3.05) is 11.4 Å². The number of carbonyl (C=O) groups is 2. The first kappa shape index (κ1) is 22.8. The zero-order valence-electron chi connectivity index (χ0n) is 18.7. The van der Waals surface area contributed by atoms with Crippen LogP contribution in [0.1, 0.15) is 24.6 Å². The lowest BCUT2D eigenvalue weighted by Crippen LogP contribution is -2.46. The molecule has 0 spiro atoms. The van der Waals surface area contributed by atoms with Crippen LogP contribution in [-0.4, -0.2) is 55.2 Å². The summed E-state index contributed by atoms with van der Waals surface area (Å²) in [6.45, 7) is 2.64. The summed E-state index contributed by atoms with van der Waals surface area (Å²) in [6, 6.07) is 3.23. The lowest BCUT2D eigenvalue weighted by atomic mass is 10.1. The van der Waals surface area contributed by atoms with Gasteiger partial charge in [-0.2, -0.15) is 5.10 Å². The third-order valence-electron chi connectivity index (χ3n) is 6.13. The van der Waals surface area contributed by atoms with E-state index in [1.54, 1.807) is 39.1 Å². The fourth-order valence-corrected chi connectivity index (χ4v) is 4.41. The molecule has 4 heterocycles. The molecule has 0 saturated carbocycles. The number of fused-ring (bicyclic) bond motifs is 1. The number of hydrogen-bond donors (Lipinski definition) is 0. The summed E-state index contributed by atoms with van der Waals surface area (Å²) in [7, 11) is 0. The maximum Gasteiger partial charge on any atom is 0.316 e. The second-order valence-electron chi connectivity index (χ2n) is 8.56. The quantitative estimate of drug-likeness (QED) is 0.514. The highest BCUT2D eigenvalue weighted by molar-refractivity contribution is 5.96. The third-order valence-corrected chi connectivity index (χ3v) is 6.13. The standard InChI is InChI=1S/C23H21F3N6O3/c1-13-10-32-19(12-30(13)20(33)7-14-5-16(24)22(26)17(25)6-14)18(9-29-32)31-11-15(8-21(31)34)35-23-27-3-2-4-28-23/h2-6,9,13,15H,7-8,10-12H2,1H3/t13-,15+/m0/s1. The minimum absolute atomic E-state index is 0.0377. The van der Waals surface area contributed by atoms with E-state index in [1.807, 2.05) is 6.92 Å². The van der Waals surface area contributed by atoms with Gasteiger partial charge in [-0.25, -0.2) is 23.1 Å². The number of nitrogens with zero attached hydrogens (tertiary/aromatic N) is 6. The number of anilines is 1. The van der Waals surface area contributed by atoms with Crippen LogP contribution >= 0.6 is 0 Å². The van der Waals surface area contributed by atoms with Gasteiger partial charge < -0.3 is 14.5 Å². The molecule has 2 aliphatic rings. The molecule has 12 heteroatoms. The van der Waals surface area contributed by atoms with Gasteiger partial charge in [0, 0.05) is 18.4 Å². The fraction of sp³-hybridized carbons (Fsp3) is 0.348. The number of aromatic nitrogens is 4. The molecule has 2 aromatic heterocycles. The van der Waals surface area contributed by atoms with Gasteiger partial charge in [0.05, 0.1) is 50.1 Å². The van der Waals surface area contributed by atoms with E-state index in [9.17, 15) is 22.8 Å². The predicted octanol–water partition coefficient (Wildman–Crippen LogP) is 2.25. The van der Waals surface area contributed by atoms with Gasteiger partial charge in [0.15, 0.2) is 17.5 Å². The van der Waals surface area contributed by atoms with Crippen molar-refractivity contribution in [1.82, 2.24) is 24.6 Å². The smallest absolute Gasteiger partial charge is 0.316 e. The largest absolute Gasteiger partial charge is 0.458 e. The average Bonchev–Trinajstić information content (AvgIpc) is 3.39. The summed E-state index contributed by atoms with van der Waals surface area (Å²) in [6.07, 6.45) is 4.09. The maximum absolute atomic E-state index is 13.6. The van der Waals surface area contributed by atoms with Crippen molar-refractivity contribution in [3.05, 3.63) is 65.5 Å². The molecule has 0 N–H and O–H groups in total. The minimum Gasteiger partial charge on any atom is -0.458 e. The molecule has 0 bridgehead atoms. The number of ether oxygens (including phenoxy) is 1. The number of amides is 2. The van der Waals surface area contributed by atoms with Gasteiger partial charge in [0.25, 0.3) is 0 Å². The molecule has 3 aromatic rings. The van der Waals surface area contributed by atoms with Gasteiger partial charge in [0.1, 0.15) is 6.10 Å². The second kappa shape index (κ2) is 9.01. The third kappa shape index (κ3) is 4.43. The Bertz CT molecular complexity index is 1260. The Morgan fingerprint density at radius 2 is 1.86 bits per heavy atom. The number of carbonyl (C=O) groups excluding carboxylic acids is 2. The Morgan fingerprint density at radius 1 is 1.14 bits per heavy atom. The van der Waals surface area contributed by atoms with E-state index in [0.717, 1.165) is 12.1 Å². The molecule has 0 radical (unpaired) electrons. The minimum atomic E-state index is -1.57. The van der Waals surface area contributed by atoms with Crippen LogP contribution in [0.2, 0.25) is 0 Å². The summed E-state index contributed by atoms with van der Waals surface area (Å²) in [5.41, 5.74) is 1.27. The highest BCUT2D eigenvalue weighted by atomic mass is 19.2. The van der Waals surface area contributed by atoms with Crippen LogP contribution in [0.15, 0.2) is 36.8 Å². The Hall–Kier alpha value is -3.96. The van der Waals surface area contributed by atoms with Crippen LogP contribution in [0.25, 0.3) is 0 Å². The monoisotopic (exact) mass is 486 g/mol. The highest BCUT2D eigenvalue weighted by Crippen LogP contribution is 2.31. The predicted molar refractivity (Wildman–Crippen MR) is 116 cm³/mol.